The maximum atomic E-state index is 12.6. The van der Waals surface area contributed by atoms with Gasteiger partial charge in [0.15, 0.2) is 11.5 Å². The van der Waals surface area contributed by atoms with Gasteiger partial charge in [0.1, 0.15) is 0 Å². The number of benzene rings is 1. The van der Waals surface area contributed by atoms with Crippen LogP contribution in [0.15, 0.2) is 33.9 Å². The highest BCUT2D eigenvalue weighted by molar-refractivity contribution is 9.10. The minimum absolute atomic E-state index is 0.00738. The number of nitrogens with zero attached hydrogens (tertiary/aromatic N) is 2. The van der Waals surface area contributed by atoms with E-state index in [0.717, 1.165) is 11.4 Å². The van der Waals surface area contributed by atoms with Crippen LogP contribution in [-0.2, 0) is 9.59 Å². The van der Waals surface area contributed by atoms with E-state index in [1.165, 1.54) is 19.4 Å². The van der Waals surface area contributed by atoms with Gasteiger partial charge in [-0.15, -0.1) is 0 Å². The zero-order valence-electron chi connectivity index (χ0n) is 12.8. The molecule has 6 nitrogen and oxygen atoms in total. The summed E-state index contributed by atoms with van der Waals surface area (Å²) in [5.74, 6) is -0.357. The maximum absolute atomic E-state index is 12.6. The summed E-state index contributed by atoms with van der Waals surface area (Å²) in [6, 6.07) is 3.06. The summed E-state index contributed by atoms with van der Waals surface area (Å²) in [4.78, 5) is 25.1. The van der Waals surface area contributed by atoms with E-state index in [4.69, 9.17) is 4.74 Å². The third-order valence-electron chi connectivity index (χ3n) is 5.06. The van der Waals surface area contributed by atoms with Crippen molar-refractivity contribution < 1.29 is 19.4 Å². The van der Waals surface area contributed by atoms with Crippen LogP contribution in [-0.4, -0.2) is 35.3 Å². The van der Waals surface area contributed by atoms with E-state index in [0.29, 0.717) is 10.0 Å². The highest BCUT2D eigenvalue weighted by Gasteiger charge is 2.59. The van der Waals surface area contributed by atoms with Gasteiger partial charge in [-0.2, -0.15) is 10.1 Å². The molecule has 3 aliphatic rings. The molecule has 124 valence electrons. The molecule has 7 heteroatoms. The Bertz CT molecular complexity index is 774. The summed E-state index contributed by atoms with van der Waals surface area (Å²) < 4.78 is 5.65. The number of imide groups is 1. The first kappa shape index (κ1) is 15.4. The van der Waals surface area contributed by atoms with Gasteiger partial charge in [0.2, 0.25) is 0 Å². The first-order chi connectivity index (χ1) is 11.5. The van der Waals surface area contributed by atoms with Crippen molar-refractivity contribution in [3.8, 4) is 11.5 Å². The van der Waals surface area contributed by atoms with Crippen molar-refractivity contribution in [2.45, 2.75) is 6.42 Å². The fourth-order valence-electron chi connectivity index (χ4n) is 3.94. The van der Waals surface area contributed by atoms with Gasteiger partial charge in [-0.25, -0.2) is 0 Å². The number of allylic oxidation sites excluding steroid dienone is 2. The van der Waals surface area contributed by atoms with E-state index in [2.05, 4.69) is 21.0 Å². The number of amides is 2. The number of carbonyl (C=O) groups is 2. The number of hydrogen-bond donors (Lipinski definition) is 1. The standard InChI is InChI=1S/C17H15BrN2O4/c1-24-13-5-10(11(18)6-12(13)21)7-19-20-16(22)14-8-2-3-9(4-8)15(14)17(20)23/h2-3,5-9,14-15,21H,4H2,1H3. The Morgan fingerprint density at radius 1 is 1.25 bits per heavy atom. The van der Waals surface area contributed by atoms with Crippen molar-refractivity contribution in [3.05, 3.63) is 34.3 Å². The van der Waals surface area contributed by atoms with Crippen LogP contribution in [0.1, 0.15) is 12.0 Å². The fraction of sp³-hybridized carbons (Fsp3) is 0.353. The quantitative estimate of drug-likeness (QED) is 0.487. The predicted octanol–water partition coefficient (Wildman–Crippen LogP) is 2.30. The van der Waals surface area contributed by atoms with Crippen molar-refractivity contribution >= 4 is 34.0 Å². The molecule has 1 aromatic carbocycles. The molecule has 2 amide bonds. The average molecular weight is 391 g/mol. The zero-order chi connectivity index (χ0) is 17.0. The second-order valence-corrected chi connectivity index (χ2v) is 7.13. The molecular weight excluding hydrogens is 376 g/mol. The van der Waals surface area contributed by atoms with Gasteiger partial charge < -0.3 is 9.84 Å². The Balaban J connectivity index is 1.61. The van der Waals surface area contributed by atoms with Gasteiger partial charge >= 0.3 is 0 Å². The first-order valence-corrected chi connectivity index (χ1v) is 8.47. The second-order valence-electron chi connectivity index (χ2n) is 6.28. The van der Waals surface area contributed by atoms with Crippen LogP contribution in [0.5, 0.6) is 11.5 Å². The third-order valence-corrected chi connectivity index (χ3v) is 5.74. The van der Waals surface area contributed by atoms with E-state index in [-0.39, 0.29) is 47.0 Å². The van der Waals surface area contributed by atoms with Gasteiger partial charge in [-0.1, -0.05) is 12.2 Å². The number of halogens is 1. The summed E-state index contributed by atoms with van der Waals surface area (Å²) in [6.45, 7) is 0. The zero-order valence-corrected chi connectivity index (χ0v) is 14.4. The molecule has 1 N–H and O–H groups in total. The maximum Gasteiger partial charge on any atom is 0.254 e. The number of carbonyl (C=O) groups excluding carboxylic acids is 2. The molecule has 4 atom stereocenters. The Morgan fingerprint density at radius 3 is 2.46 bits per heavy atom. The minimum atomic E-state index is -0.262. The normalized spacial score (nSPS) is 30.7. The van der Waals surface area contributed by atoms with Crippen LogP contribution in [0, 0.1) is 23.7 Å². The lowest BCUT2D eigenvalue weighted by Gasteiger charge is -2.13. The Labute approximate surface area is 146 Å². The third kappa shape index (κ3) is 2.11. The molecule has 2 bridgehead atoms. The first-order valence-electron chi connectivity index (χ1n) is 7.68. The molecule has 1 saturated carbocycles. The molecular formula is C17H15BrN2O4. The number of methoxy groups -OCH3 is 1. The molecule has 2 fully saturated rings. The van der Waals surface area contributed by atoms with Crippen LogP contribution >= 0.6 is 15.9 Å². The molecule has 24 heavy (non-hydrogen) atoms. The van der Waals surface area contributed by atoms with E-state index in [1.54, 1.807) is 6.07 Å². The topological polar surface area (TPSA) is 79.2 Å². The van der Waals surface area contributed by atoms with Crippen molar-refractivity contribution in [3.63, 3.8) is 0 Å². The Hall–Kier alpha value is -2.15. The van der Waals surface area contributed by atoms with Gasteiger partial charge in [0.25, 0.3) is 11.8 Å². The summed E-state index contributed by atoms with van der Waals surface area (Å²) in [5.41, 5.74) is 0.600. The van der Waals surface area contributed by atoms with Crippen molar-refractivity contribution in [1.29, 1.82) is 0 Å². The van der Waals surface area contributed by atoms with Crippen LogP contribution in [0.4, 0.5) is 0 Å². The number of hydrogen-bond acceptors (Lipinski definition) is 5. The molecule has 1 aromatic rings. The molecule has 0 aromatic heterocycles. The number of fused-ring (bicyclic) bond motifs is 5. The van der Waals surface area contributed by atoms with Crippen LogP contribution in [0.25, 0.3) is 0 Å². The van der Waals surface area contributed by atoms with E-state index < -0.39 is 0 Å². The lowest BCUT2D eigenvalue weighted by Crippen LogP contribution is -2.28. The summed E-state index contributed by atoms with van der Waals surface area (Å²) in [5, 5.41) is 14.8. The minimum Gasteiger partial charge on any atom is -0.504 e. The van der Waals surface area contributed by atoms with Gasteiger partial charge in [0, 0.05) is 10.0 Å². The number of rotatable bonds is 3. The van der Waals surface area contributed by atoms with Crippen LogP contribution in [0.3, 0.4) is 0 Å². The summed E-state index contributed by atoms with van der Waals surface area (Å²) in [6.07, 6.45) is 6.42. The molecule has 4 unspecified atom stereocenters. The number of phenols is 1. The number of ether oxygens (including phenoxy) is 1. The van der Waals surface area contributed by atoms with Crippen LogP contribution in [0.2, 0.25) is 0 Å². The number of aromatic hydroxyl groups is 1. The lowest BCUT2D eigenvalue weighted by molar-refractivity contribution is -0.140. The predicted molar refractivity (Wildman–Crippen MR) is 89.5 cm³/mol. The van der Waals surface area contributed by atoms with Gasteiger partial charge in [0.05, 0.1) is 25.2 Å². The fourth-order valence-corrected chi connectivity index (χ4v) is 4.38. The Kier molecular flexibility index (Phi) is 3.49. The number of phenolic OH excluding ortho intramolecular Hbond substituents is 1. The van der Waals surface area contributed by atoms with E-state index in [9.17, 15) is 14.7 Å². The highest BCUT2D eigenvalue weighted by atomic mass is 79.9. The van der Waals surface area contributed by atoms with Gasteiger partial charge in [-0.05, 0) is 46.3 Å². The monoisotopic (exact) mass is 390 g/mol. The Morgan fingerprint density at radius 2 is 1.88 bits per heavy atom. The van der Waals surface area contributed by atoms with Gasteiger partial charge in [-0.3, -0.25) is 9.59 Å². The van der Waals surface area contributed by atoms with Crippen molar-refractivity contribution in [1.82, 2.24) is 5.01 Å². The summed E-state index contributed by atoms with van der Waals surface area (Å²) in [7, 11) is 1.45. The summed E-state index contributed by atoms with van der Waals surface area (Å²) >= 11 is 3.32. The molecule has 4 rings (SSSR count). The van der Waals surface area contributed by atoms with E-state index >= 15 is 0 Å². The largest absolute Gasteiger partial charge is 0.504 e. The smallest absolute Gasteiger partial charge is 0.254 e. The SMILES string of the molecule is COc1cc(C=NN2C(=O)C3C4C=CC(C4)C3C2=O)c(Br)cc1O. The second kappa shape index (κ2) is 5.44. The molecule has 1 saturated heterocycles. The lowest BCUT2D eigenvalue weighted by atomic mass is 9.85. The van der Waals surface area contributed by atoms with Crippen molar-refractivity contribution in [2.75, 3.05) is 7.11 Å². The van der Waals surface area contributed by atoms with Crippen LogP contribution < -0.4 is 4.74 Å². The number of hydrazone groups is 1. The molecule has 2 aliphatic carbocycles. The molecule has 1 heterocycles. The van der Waals surface area contributed by atoms with Crippen molar-refractivity contribution in [2.24, 2.45) is 28.8 Å². The average Bonchev–Trinajstić information content (AvgIpc) is 3.22. The molecule has 0 radical (unpaired) electrons. The van der Waals surface area contributed by atoms with E-state index in [1.807, 2.05) is 12.2 Å². The highest BCUT2D eigenvalue weighted by Crippen LogP contribution is 2.52. The molecule has 1 aliphatic heterocycles. The molecule has 0 spiro atoms.